The Morgan fingerprint density at radius 1 is 0.955 bits per heavy atom. The third-order valence-corrected chi connectivity index (χ3v) is 4.47. The summed E-state index contributed by atoms with van der Waals surface area (Å²) >= 11 is 1.65. The number of urea groups is 1. The number of rotatable bonds is 2. The van der Waals surface area contributed by atoms with Crippen LogP contribution in [0.3, 0.4) is 0 Å². The van der Waals surface area contributed by atoms with Gasteiger partial charge >= 0.3 is 6.03 Å². The maximum absolute atomic E-state index is 12.1. The highest BCUT2D eigenvalue weighted by Crippen LogP contribution is 2.24. The average molecular weight is 311 g/mol. The maximum atomic E-state index is 12.1. The van der Waals surface area contributed by atoms with Gasteiger partial charge < -0.3 is 10.6 Å². The van der Waals surface area contributed by atoms with Gasteiger partial charge in [-0.3, -0.25) is 0 Å². The van der Waals surface area contributed by atoms with E-state index < -0.39 is 0 Å². The van der Waals surface area contributed by atoms with E-state index in [-0.39, 0.29) is 6.03 Å². The zero-order valence-corrected chi connectivity index (χ0v) is 13.5. The quantitative estimate of drug-likeness (QED) is 0.709. The number of fused-ring (bicyclic) bond motifs is 1. The van der Waals surface area contributed by atoms with Gasteiger partial charge in [0, 0.05) is 11.4 Å². The van der Waals surface area contributed by atoms with Crippen LogP contribution in [-0.2, 0) is 0 Å². The van der Waals surface area contributed by atoms with E-state index in [1.54, 1.807) is 11.3 Å². The molecule has 5 heteroatoms. The molecule has 112 valence electrons. The molecule has 1 heterocycles. The number of hydrogen-bond acceptors (Lipinski definition) is 3. The highest BCUT2D eigenvalue weighted by Gasteiger charge is 2.06. The summed E-state index contributed by atoms with van der Waals surface area (Å²) in [6, 6.07) is 11.4. The largest absolute Gasteiger partial charge is 0.323 e. The van der Waals surface area contributed by atoms with E-state index in [9.17, 15) is 4.79 Å². The van der Waals surface area contributed by atoms with Crippen LogP contribution in [0.2, 0.25) is 0 Å². The average Bonchev–Trinajstić information content (AvgIpc) is 2.82. The number of thiazole rings is 1. The second kappa shape index (κ2) is 5.77. The fourth-order valence-corrected chi connectivity index (χ4v) is 3.04. The van der Waals surface area contributed by atoms with E-state index in [1.165, 1.54) is 5.56 Å². The van der Waals surface area contributed by atoms with Crippen molar-refractivity contribution < 1.29 is 4.79 Å². The highest BCUT2D eigenvalue weighted by molar-refractivity contribution is 7.18. The first-order valence-corrected chi connectivity index (χ1v) is 7.85. The first-order chi connectivity index (χ1) is 10.5. The van der Waals surface area contributed by atoms with Crippen molar-refractivity contribution in [2.24, 2.45) is 0 Å². The van der Waals surface area contributed by atoms with E-state index in [0.29, 0.717) is 0 Å². The standard InChI is InChI=1S/C17H17N3OS/c1-10-4-5-13(8-11(10)2)19-17(21)20-14-6-7-16-15(9-14)18-12(3)22-16/h4-9H,1-3H3,(H2,19,20,21). The van der Waals surface area contributed by atoms with Crippen molar-refractivity contribution >= 4 is 39.0 Å². The third-order valence-electron chi connectivity index (χ3n) is 3.52. The smallest absolute Gasteiger partial charge is 0.308 e. The molecule has 0 spiro atoms. The van der Waals surface area contributed by atoms with Gasteiger partial charge in [-0.25, -0.2) is 9.78 Å². The number of amides is 2. The summed E-state index contributed by atoms with van der Waals surface area (Å²) in [7, 11) is 0. The van der Waals surface area contributed by atoms with E-state index in [4.69, 9.17) is 0 Å². The van der Waals surface area contributed by atoms with Gasteiger partial charge in [-0.2, -0.15) is 0 Å². The van der Waals surface area contributed by atoms with Crippen LogP contribution < -0.4 is 10.6 Å². The minimum atomic E-state index is -0.255. The summed E-state index contributed by atoms with van der Waals surface area (Å²) in [6.07, 6.45) is 0. The van der Waals surface area contributed by atoms with Crippen molar-refractivity contribution in [3.63, 3.8) is 0 Å². The lowest BCUT2D eigenvalue weighted by atomic mass is 10.1. The number of carbonyl (C=O) groups is 1. The monoisotopic (exact) mass is 311 g/mol. The molecule has 0 unspecified atom stereocenters. The molecule has 3 aromatic rings. The molecule has 2 amide bonds. The number of anilines is 2. The second-order valence-electron chi connectivity index (χ2n) is 5.29. The summed E-state index contributed by atoms with van der Waals surface area (Å²) in [5, 5.41) is 6.70. The number of benzene rings is 2. The Balaban J connectivity index is 1.73. The van der Waals surface area contributed by atoms with Crippen LogP contribution in [0.25, 0.3) is 10.2 Å². The molecule has 1 aromatic heterocycles. The summed E-state index contributed by atoms with van der Waals surface area (Å²) in [4.78, 5) is 16.5. The van der Waals surface area contributed by atoms with Gasteiger partial charge in [0.1, 0.15) is 0 Å². The van der Waals surface area contributed by atoms with Gasteiger partial charge in [0.25, 0.3) is 0 Å². The molecule has 0 radical (unpaired) electrons. The number of nitrogens with zero attached hydrogens (tertiary/aromatic N) is 1. The van der Waals surface area contributed by atoms with Crippen LogP contribution >= 0.6 is 11.3 Å². The molecule has 0 aliphatic heterocycles. The third kappa shape index (κ3) is 3.09. The van der Waals surface area contributed by atoms with Crippen LogP contribution in [0.5, 0.6) is 0 Å². The predicted molar refractivity (Wildman–Crippen MR) is 92.9 cm³/mol. The molecule has 0 aliphatic carbocycles. The van der Waals surface area contributed by atoms with Crippen molar-refractivity contribution in [1.82, 2.24) is 4.98 Å². The Hall–Kier alpha value is -2.40. The summed E-state index contributed by atoms with van der Waals surface area (Å²) in [5.74, 6) is 0. The van der Waals surface area contributed by atoms with Crippen molar-refractivity contribution in [3.05, 3.63) is 52.5 Å². The Kier molecular flexibility index (Phi) is 3.81. The van der Waals surface area contributed by atoms with Gasteiger partial charge in [-0.15, -0.1) is 11.3 Å². The summed E-state index contributed by atoms with van der Waals surface area (Å²) in [5.41, 5.74) is 4.78. The van der Waals surface area contributed by atoms with Gasteiger partial charge in [-0.05, 0) is 62.2 Å². The van der Waals surface area contributed by atoms with Crippen molar-refractivity contribution in [2.75, 3.05) is 10.6 Å². The molecule has 0 fully saturated rings. The van der Waals surface area contributed by atoms with Crippen LogP contribution in [0.15, 0.2) is 36.4 Å². The van der Waals surface area contributed by atoms with Crippen LogP contribution in [0.1, 0.15) is 16.1 Å². The van der Waals surface area contributed by atoms with E-state index >= 15 is 0 Å². The fraction of sp³-hybridized carbons (Fsp3) is 0.176. The lowest BCUT2D eigenvalue weighted by molar-refractivity contribution is 0.262. The fourth-order valence-electron chi connectivity index (χ4n) is 2.23. The maximum Gasteiger partial charge on any atom is 0.323 e. The predicted octanol–water partition coefficient (Wildman–Crippen LogP) is 4.87. The first kappa shape index (κ1) is 14.5. The molecular formula is C17H17N3OS. The van der Waals surface area contributed by atoms with E-state index in [1.807, 2.05) is 57.2 Å². The normalized spacial score (nSPS) is 10.7. The Morgan fingerprint density at radius 3 is 2.36 bits per heavy atom. The van der Waals surface area contributed by atoms with Crippen LogP contribution in [-0.4, -0.2) is 11.0 Å². The lowest BCUT2D eigenvalue weighted by Crippen LogP contribution is -2.19. The SMILES string of the molecule is Cc1nc2cc(NC(=O)Nc3ccc(C)c(C)c3)ccc2s1. The molecule has 0 atom stereocenters. The van der Waals surface area contributed by atoms with Gasteiger partial charge in [-0.1, -0.05) is 6.07 Å². The number of nitrogens with one attached hydrogen (secondary N) is 2. The van der Waals surface area contributed by atoms with Crippen LogP contribution in [0.4, 0.5) is 16.2 Å². The zero-order chi connectivity index (χ0) is 15.7. The first-order valence-electron chi connectivity index (χ1n) is 7.04. The molecule has 2 aromatic carbocycles. The molecule has 0 saturated heterocycles. The van der Waals surface area contributed by atoms with Gasteiger partial charge in [0.2, 0.25) is 0 Å². The molecular weight excluding hydrogens is 294 g/mol. The molecule has 0 bridgehead atoms. The Labute approximate surface area is 133 Å². The molecule has 4 nitrogen and oxygen atoms in total. The molecule has 3 rings (SSSR count). The van der Waals surface area contributed by atoms with Gasteiger partial charge in [0.15, 0.2) is 0 Å². The zero-order valence-electron chi connectivity index (χ0n) is 12.7. The number of carbonyl (C=O) groups excluding carboxylic acids is 1. The second-order valence-corrected chi connectivity index (χ2v) is 6.53. The Bertz CT molecular complexity index is 854. The Morgan fingerprint density at radius 2 is 1.64 bits per heavy atom. The molecule has 0 aliphatic rings. The van der Waals surface area contributed by atoms with Crippen molar-refractivity contribution in [3.8, 4) is 0 Å². The van der Waals surface area contributed by atoms with Crippen molar-refractivity contribution in [2.45, 2.75) is 20.8 Å². The van der Waals surface area contributed by atoms with Gasteiger partial charge in [0.05, 0.1) is 15.2 Å². The van der Waals surface area contributed by atoms with Crippen molar-refractivity contribution in [1.29, 1.82) is 0 Å². The topological polar surface area (TPSA) is 54.0 Å². The molecule has 0 saturated carbocycles. The molecule has 2 N–H and O–H groups in total. The minimum absolute atomic E-state index is 0.255. The number of hydrogen-bond donors (Lipinski definition) is 2. The van der Waals surface area contributed by atoms with Crippen LogP contribution in [0, 0.1) is 20.8 Å². The molecule has 22 heavy (non-hydrogen) atoms. The van der Waals surface area contributed by atoms with E-state index in [2.05, 4.69) is 15.6 Å². The minimum Gasteiger partial charge on any atom is -0.308 e. The number of aromatic nitrogens is 1. The lowest BCUT2D eigenvalue weighted by Gasteiger charge is -2.09. The highest BCUT2D eigenvalue weighted by atomic mass is 32.1. The number of aryl methyl sites for hydroxylation is 3. The summed E-state index contributed by atoms with van der Waals surface area (Å²) in [6.45, 7) is 6.05. The van der Waals surface area contributed by atoms with E-state index in [0.717, 1.165) is 32.2 Å². The summed E-state index contributed by atoms with van der Waals surface area (Å²) < 4.78 is 1.12.